The van der Waals surface area contributed by atoms with Crippen LogP contribution >= 0.6 is 0 Å². The van der Waals surface area contributed by atoms with E-state index in [4.69, 9.17) is 4.74 Å². The molecule has 2 rings (SSSR count). The summed E-state index contributed by atoms with van der Waals surface area (Å²) in [6.07, 6.45) is 4.66. The zero-order valence-electron chi connectivity index (χ0n) is 13.4. The number of hydrogen-bond donors (Lipinski definition) is 1. The van der Waals surface area contributed by atoms with Crippen LogP contribution in [-0.2, 0) is 14.3 Å². The molecule has 0 aromatic rings. The van der Waals surface area contributed by atoms with Gasteiger partial charge in [0, 0.05) is 13.2 Å². The summed E-state index contributed by atoms with van der Waals surface area (Å²) in [5.41, 5.74) is 0. The Morgan fingerprint density at radius 2 is 2.10 bits per heavy atom. The van der Waals surface area contributed by atoms with E-state index in [-0.39, 0.29) is 30.0 Å². The summed E-state index contributed by atoms with van der Waals surface area (Å²) in [6, 6.07) is -0.713. The Labute approximate surface area is 127 Å². The van der Waals surface area contributed by atoms with Gasteiger partial charge in [0.05, 0.1) is 6.10 Å². The summed E-state index contributed by atoms with van der Waals surface area (Å²) in [4.78, 5) is 26.7. The molecular weight excluding hydrogens is 268 g/mol. The lowest BCUT2D eigenvalue weighted by Crippen LogP contribution is -2.64. The molecule has 2 amide bonds. The number of amides is 2. The van der Waals surface area contributed by atoms with Gasteiger partial charge in [0.25, 0.3) is 0 Å². The minimum Gasteiger partial charge on any atom is -0.376 e. The highest BCUT2D eigenvalue weighted by Crippen LogP contribution is 2.21. The summed E-state index contributed by atoms with van der Waals surface area (Å²) in [6.45, 7) is 7.42. The molecule has 3 atom stereocenters. The SMILES string of the molecule is CCC1C(=O)NC(CC(C)C)C(=O)N1CC1CCCCO1. The molecule has 0 aromatic carbocycles. The van der Waals surface area contributed by atoms with Crippen molar-refractivity contribution in [1.82, 2.24) is 10.2 Å². The smallest absolute Gasteiger partial charge is 0.245 e. The molecule has 0 spiro atoms. The monoisotopic (exact) mass is 296 g/mol. The van der Waals surface area contributed by atoms with Crippen molar-refractivity contribution in [3.05, 3.63) is 0 Å². The standard InChI is InChI=1S/C16H28N2O3/c1-4-14-15(19)17-13(9-11(2)3)16(20)18(14)10-12-7-5-6-8-21-12/h11-14H,4-10H2,1-3H3,(H,17,19). The molecule has 2 aliphatic rings. The first kappa shape index (κ1) is 16.3. The normalized spacial score (nSPS) is 30.7. The van der Waals surface area contributed by atoms with Crippen LogP contribution in [0.5, 0.6) is 0 Å². The Hall–Kier alpha value is -1.10. The summed E-state index contributed by atoms with van der Waals surface area (Å²) in [7, 11) is 0. The van der Waals surface area contributed by atoms with Crippen molar-refractivity contribution in [2.45, 2.75) is 71.1 Å². The molecule has 21 heavy (non-hydrogen) atoms. The first-order chi connectivity index (χ1) is 10.0. The highest BCUT2D eigenvalue weighted by Gasteiger charge is 2.40. The van der Waals surface area contributed by atoms with Crippen LogP contribution in [0.1, 0.15) is 52.9 Å². The van der Waals surface area contributed by atoms with Gasteiger partial charge in [-0.1, -0.05) is 20.8 Å². The molecule has 0 saturated carbocycles. The van der Waals surface area contributed by atoms with Gasteiger partial charge in [0.15, 0.2) is 0 Å². The minimum atomic E-state index is -0.371. The molecule has 2 heterocycles. The topological polar surface area (TPSA) is 58.6 Å². The van der Waals surface area contributed by atoms with Crippen molar-refractivity contribution >= 4 is 11.8 Å². The first-order valence-electron chi connectivity index (χ1n) is 8.25. The summed E-state index contributed by atoms with van der Waals surface area (Å²) < 4.78 is 5.75. The van der Waals surface area contributed by atoms with Crippen LogP contribution in [0, 0.1) is 5.92 Å². The predicted molar refractivity (Wildman–Crippen MR) is 80.8 cm³/mol. The van der Waals surface area contributed by atoms with E-state index in [9.17, 15) is 9.59 Å². The van der Waals surface area contributed by atoms with E-state index in [1.807, 2.05) is 6.92 Å². The average Bonchev–Trinajstić information content (AvgIpc) is 2.45. The Morgan fingerprint density at radius 3 is 2.67 bits per heavy atom. The molecule has 0 aromatic heterocycles. The molecular formula is C16H28N2O3. The third kappa shape index (κ3) is 3.96. The van der Waals surface area contributed by atoms with Gasteiger partial charge in [0.2, 0.25) is 11.8 Å². The van der Waals surface area contributed by atoms with E-state index in [0.717, 1.165) is 25.9 Å². The van der Waals surface area contributed by atoms with Crippen LogP contribution in [0.25, 0.3) is 0 Å². The molecule has 3 unspecified atom stereocenters. The highest BCUT2D eigenvalue weighted by molar-refractivity contribution is 5.96. The lowest BCUT2D eigenvalue weighted by molar-refractivity contribution is -0.152. The fraction of sp³-hybridized carbons (Fsp3) is 0.875. The third-order valence-electron chi connectivity index (χ3n) is 4.34. The highest BCUT2D eigenvalue weighted by atomic mass is 16.5. The largest absolute Gasteiger partial charge is 0.376 e. The molecule has 5 nitrogen and oxygen atoms in total. The number of nitrogens with zero attached hydrogens (tertiary/aromatic N) is 1. The van der Waals surface area contributed by atoms with Gasteiger partial charge in [-0.3, -0.25) is 9.59 Å². The Kier molecular flexibility index (Phi) is 5.62. The second-order valence-corrected chi connectivity index (χ2v) is 6.59. The zero-order chi connectivity index (χ0) is 15.4. The first-order valence-corrected chi connectivity index (χ1v) is 8.25. The summed E-state index contributed by atoms with van der Waals surface area (Å²) >= 11 is 0. The van der Waals surface area contributed by atoms with Crippen LogP contribution in [-0.4, -0.2) is 48.1 Å². The van der Waals surface area contributed by atoms with E-state index in [0.29, 0.717) is 25.3 Å². The Bertz CT molecular complexity index is 378. The number of piperazine rings is 1. The van der Waals surface area contributed by atoms with E-state index >= 15 is 0 Å². The van der Waals surface area contributed by atoms with E-state index in [2.05, 4.69) is 19.2 Å². The maximum atomic E-state index is 12.7. The number of hydrogen-bond acceptors (Lipinski definition) is 3. The van der Waals surface area contributed by atoms with Crippen molar-refractivity contribution in [2.24, 2.45) is 5.92 Å². The Morgan fingerprint density at radius 1 is 1.33 bits per heavy atom. The van der Waals surface area contributed by atoms with Gasteiger partial charge in [-0.05, 0) is 38.0 Å². The fourth-order valence-electron chi connectivity index (χ4n) is 3.25. The van der Waals surface area contributed by atoms with Crippen molar-refractivity contribution in [3.8, 4) is 0 Å². The molecule has 2 saturated heterocycles. The predicted octanol–water partition coefficient (Wildman–Crippen LogP) is 1.71. The van der Waals surface area contributed by atoms with E-state index in [1.165, 1.54) is 0 Å². The van der Waals surface area contributed by atoms with Gasteiger partial charge < -0.3 is 15.0 Å². The average molecular weight is 296 g/mol. The number of carbonyl (C=O) groups excluding carboxylic acids is 2. The van der Waals surface area contributed by atoms with E-state index in [1.54, 1.807) is 4.90 Å². The maximum absolute atomic E-state index is 12.7. The van der Waals surface area contributed by atoms with Crippen molar-refractivity contribution < 1.29 is 14.3 Å². The summed E-state index contributed by atoms with van der Waals surface area (Å²) in [5, 5.41) is 2.89. The second-order valence-electron chi connectivity index (χ2n) is 6.59. The van der Waals surface area contributed by atoms with Gasteiger partial charge in [-0.25, -0.2) is 0 Å². The quantitative estimate of drug-likeness (QED) is 0.840. The lowest BCUT2D eigenvalue weighted by Gasteiger charge is -2.41. The van der Waals surface area contributed by atoms with Crippen LogP contribution in [0.3, 0.4) is 0 Å². The van der Waals surface area contributed by atoms with Crippen LogP contribution in [0.4, 0.5) is 0 Å². The van der Waals surface area contributed by atoms with Crippen molar-refractivity contribution in [2.75, 3.05) is 13.2 Å². The lowest BCUT2D eigenvalue weighted by atomic mass is 9.96. The Balaban J connectivity index is 2.08. The van der Waals surface area contributed by atoms with Crippen molar-refractivity contribution in [3.63, 3.8) is 0 Å². The number of rotatable bonds is 5. The zero-order valence-corrected chi connectivity index (χ0v) is 13.4. The number of ether oxygens (including phenoxy) is 1. The van der Waals surface area contributed by atoms with Gasteiger partial charge in [-0.15, -0.1) is 0 Å². The third-order valence-corrected chi connectivity index (χ3v) is 4.34. The molecule has 0 aliphatic carbocycles. The minimum absolute atomic E-state index is 0.0152. The molecule has 1 N–H and O–H groups in total. The summed E-state index contributed by atoms with van der Waals surface area (Å²) in [5.74, 6) is 0.424. The van der Waals surface area contributed by atoms with E-state index < -0.39 is 0 Å². The molecule has 0 radical (unpaired) electrons. The molecule has 2 fully saturated rings. The molecule has 0 bridgehead atoms. The van der Waals surface area contributed by atoms with Gasteiger partial charge >= 0.3 is 0 Å². The fourth-order valence-corrected chi connectivity index (χ4v) is 3.25. The second kappa shape index (κ2) is 7.25. The number of nitrogens with one attached hydrogen (secondary N) is 1. The van der Waals surface area contributed by atoms with Crippen LogP contribution < -0.4 is 5.32 Å². The van der Waals surface area contributed by atoms with Crippen molar-refractivity contribution in [1.29, 1.82) is 0 Å². The molecule has 120 valence electrons. The van der Waals surface area contributed by atoms with Crippen LogP contribution in [0.2, 0.25) is 0 Å². The van der Waals surface area contributed by atoms with Gasteiger partial charge in [-0.2, -0.15) is 0 Å². The molecule has 2 aliphatic heterocycles. The number of carbonyl (C=O) groups is 2. The van der Waals surface area contributed by atoms with Crippen LogP contribution in [0.15, 0.2) is 0 Å². The maximum Gasteiger partial charge on any atom is 0.245 e. The van der Waals surface area contributed by atoms with Gasteiger partial charge in [0.1, 0.15) is 12.1 Å². The molecule has 5 heteroatoms.